The molecule has 3 amide bonds. The second kappa shape index (κ2) is 6.10. The number of hydrogen-bond acceptors (Lipinski definition) is 6. The van der Waals surface area contributed by atoms with Gasteiger partial charge in [-0.2, -0.15) is 5.10 Å². The maximum absolute atomic E-state index is 12.2. The summed E-state index contributed by atoms with van der Waals surface area (Å²) < 4.78 is 1.72. The van der Waals surface area contributed by atoms with Gasteiger partial charge < -0.3 is 5.32 Å². The van der Waals surface area contributed by atoms with Crippen molar-refractivity contribution in [3.63, 3.8) is 0 Å². The van der Waals surface area contributed by atoms with Crippen LogP contribution >= 0.6 is 11.3 Å². The number of aromatic nitrogens is 3. The molecule has 0 saturated carbocycles. The van der Waals surface area contributed by atoms with E-state index in [9.17, 15) is 14.4 Å². The summed E-state index contributed by atoms with van der Waals surface area (Å²) >= 11 is 1.48. The summed E-state index contributed by atoms with van der Waals surface area (Å²) in [6.07, 6.45) is 2.06. The number of hydrogen-bond donors (Lipinski definition) is 1. The van der Waals surface area contributed by atoms with Crippen molar-refractivity contribution >= 4 is 34.0 Å². The van der Waals surface area contributed by atoms with Gasteiger partial charge in [-0.15, -0.1) is 11.3 Å². The van der Waals surface area contributed by atoms with Gasteiger partial charge in [0.2, 0.25) is 10.9 Å². The van der Waals surface area contributed by atoms with Gasteiger partial charge in [0.05, 0.1) is 16.8 Å². The molecular formula is C16H13N5O3S. The number of amides is 3. The summed E-state index contributed by atoms with van der Waals surface area (Å²) in [5.41, 5.74) is 1.62. The largest absolute Gasteiger partial charge is 0.354 e. The fourth-order valence-electron chi connectivity index (χ4n) is 2.76. The van der Waals surface area contributed by atoms with E-state index >= 15 is 0 Å². The zero-order valence-corrected chi connectivity index (χ0v) is 13.8. The molecule has 8 nitrogen and oxygen atoms in total. The smallest absolute Gasteiger partial charge is 0.262 e. The van der Waals surface area contributed by atoms with E-state index in [1.807, 2.05) is 5.38 Å². The van der Waals surface area contributed by atoms with Crippen LogP contribution in [0.3, 0.4) is 0 Å². The molecule has 0 atom stereocenters. The number of carbonyl (C=O) groups is 3. The molecule has 0 radical (unpaired) electrons. The Labute approximate surface area is 146 Å². The molecule has 2 aromatic heterocycles. The van der Waals surface area contributed by atoms with Crippen molar-refractivity contribution in [3.8, 4) is 0 Å². The first-order valence-corrected chi connectivity index (χ1v) is 8.51. The predicted octanol–water partition coefficient (Wildman–Crippen LogP) is 0.746. The van der Waals surface area contributed by atoms with Gasteiger partial charge in [0.1, 0.15) is 12.9 Å². The molecule has 3 heterocycles. The van der Waals surface area contributed by atoms with Crippen molar-refractivity contribution in [2.24, 2.45) is 0 Å². The Morgan fingerprint density at radius 2 is 1.88 bits per heavy atom. The van der Waals surface area contributed by atoms with E-state index in [2.05, 4.69) is 15.4 Å². The summed E-state index contributed by atoms with van der Waals surface area (Å²) in [4.78, 5) is 42.4. The molecule has 25 heavy (non-hydrogen) atoms. The average Bonchev–Trinajstić information content (AvgIpc) is 3.28. The minimum atomic E-state index is -0.432. The Kier molecular flexibility index (Phi) is 3.77. The van der Waals surface area contributed by atoms with Crippen molar-refractivity contribution < 1.29 is 14.4 Å². The summed E-state index contributed by atoms with van der Waals surface area (Å²) in [6.45, 7) is 0.0996. The monoisotopic (exact) mass is 355 g/mol. The maximum Gasteiger partial charge on any atom is 0.262 e. The molecule has 4 rings (SSSR count). The van der Waals surface area contributed by atoms with E-state index in [4.69, 9.17) is 0 Å². The highest BCUT2D eigenvalue weighted by atomic mass is 32.1. The molecule has 1 aliphatic rings. The highest BCUT2D eigenvalue weighted by Crippen LogP contribution is 2.21. The van der Waals surface area contributed by atoms with Crippen LogP contribution in [0.5, 0.6) is 0 Å². The molecule has 9 heteroatoms. The maximum atomic E-state index is 12.2. The zero-order valence-electron chi connectivity index (χ0n) is 13.0. The molecule has 0 spiro atoms. The molecule has 3 aromatic rings. The number of carbonyl (C=O) groups excluding carboxylic acids is 3. The van der Waals surface area contributed by atoms with E-state index in [1.165, 1.54) is 17.7 Å². The number of thiazole rings is 1. The van der Waals surface area contributed by atoms with Crippen LogP contribution in [0.2, 0.25) is 0 Å². The third-order valence-electron chi connectivity index (χ3n) is 3.97. The first-order valence-electron chi connectivity index (χ1n) is 7.63. The van der Waals surface area contributed by atoms with Crippen molar-refractivity contribution in [1.29, 1.82) is 0 Å². The molecule has 0 bridgehead atoms. The minimum absolute atomic E-state index is 0.283. The number of benzene rings is 1. The SMILES string of the molecule is O=C(CN1C(=O)c2ccccc2C1=O)NCCc1csc2ncnn12. The molecule has 1 aliphatic heterocycles. The standard InChI is InChI=1S/C16H13N5O3S/c22-13(17-6-5-10-8-25-16-18-9-19-21(10)16)7-20-14(23)11-3-1-2-4-12(11)15(20)24/h1-4,8-9H,5-7H2,(H,17,22). The lowest BCUT2D eigenvalue weighted by molar-refractivity contribution is -0.121. The Morgan fingerprint density at radius 3 is 2.60 bits per heavy atom. The number of imide groups is 1. The van der Waals surface area contributed by atoms with Gasteiger partial charge in [-0.1, -0.05) is 12.1 Å². The van der Waals surface area contributed by atoms with Gasteiger partial charge in [0, 0.05) is 18.3 Å². The fourth-order valence-corrected chi connectivity index (χ4v) is 3.59. The van der Waals surface area contributed by atoms with Gasteiger partial charge in [-0.25, -0.2) is 9.50 Å². The third kappa shape index (κ3) is 2.68. The molecule has 0 fully saturated rings. The van der Waals surface area contributed by atoms with Gasteiger partial charge in [-0.05, 0) is 12.1 Å². The summed E-state index contributed by atoms with van der Waals surface area (Å²) in [5.74, 6) is -1.24. The number of fused-ring (bicyclic) bond motifs is 2. The van der Waals surface area contributed by atoms with Crippen LogP contribution in [0.25, 0.3) is 4.96 Å². The van der Waals surface area contributed by atoms with Crippen LogP contribution in [0.1, 0.15) is 26.4 Å². The lowest BCUT2D eigenvalue weighted by Gasteiger charge is -2.13. The van der Waals surface area contributed by atoms with Crippen LogP contribution < -0.4 is 5.32 Å². The first-order chi connectivity index (χ1) is 12.1. The third-order valence-corrected chi connectivity index (χ3v) is 4.85. The van der Waals surface area contributed by atoms with Crippen molar-refractivity contribution in [2.75, 3.05) is 13.1 Å². The zero-order chi connectivity index (χ0) is 17.4. The van der Waals surface area contributed by atoms with Crippen LogP contribution in [0.4, 0.5) is 0 Å². The lowest BCUT2D eigenvalue weighted by Crippen LogP contribution is -2.40. The molecule has 1 aromatic carbocycles. The minimum Gasteiger partial charge on any atom is -0.354 e. The highest BCUT2D eigenvalue weighted by Gasteiger charge is 2.36. The Hall–Kier alpha value is -3.07. The van der Waals surface area contributed by atoms with E-state index in [1.54, 1.807) is 28.8 Å². The first kappa shape index (κ1) is 15.5. The van der Waals surface area contributed by atoms with E-state index in [0.717, 1.165) is 15.6 Å². The summed E-state index contributed by atoms with van der Waals surface area (Å²) in [5, 5.41) is 8.77. The fraction of sp³-hybridized carbons (Fsp3) is 0.188. The molecule has 1 N–H and O–H groups in total. The molecular weight excluding hydrogens is 342 g/mol. The second-order valence-corrected chi connectivity index (χ2v) is 6.36. The van der Waals surface area contributed by atoms with Gasteiger partial charge in [0.25, 0.3) is 11.8 Å². The Bertz CT molecular complexity index is 957. The molecule has 0 unspecified atom stereocenters. The highest BCUT2D eigenvalue weighted by molar-refractivity contribution is 7.15. The van der Waals surface area contributed by atoms with Gasteiger partial charge in [-0.3, -0.25) is 19.3 Å². The van der Waals surface area contributed by atoms with Crippen LogP contribution in [0, 0.1) is 0 Å². The van der Waals surface area contributed by atoms with Gasteiger partial charge in [0.15, 0.2) is 0 Å². The second-order valence-electron chi connectivity index (χ2n) is 5.52. The quantitative estimate of drug-likeness (QED) is 0.681. The lowest BCUT2D eigenvalue weighted by atomic mass is 10.1. The summed E-state index contributed by atoms with van der Waals surface area (Å²) in [6, 6.07) is 6.57. The summed E-state index contributed by atoms with van der Waals surface area (Å²) in [7, 11) is 0. The van der Waals surface area contributed by atoms with Crippen molar-refractivity contribution in [2.45, 2.75) is 6.42 Å². The van der Waals surface area contributed by atoms with Crippen LogP contribution in [-0.2, 0) is 11.2 Å². The Balaban J connectivity index is 1.35. The number of nitrogens with zero attached hydrogens (tertiary/aromatic N) is 4. The van der Waals surface area contributed by atoms with E-state index in [0.29, 0.717) is 24.1 Å². The topological polar surface area (TPSA) is 96.7 Å². The van der Waals surface area contributed by atoms with Crippen LogP contribution in [0.15, 0.2) is 36.0 Å². The predicted molar refractivity (Wildman–Crippen MR) is 89.4 cm³/mol. The number of rotatable bonds is 5. The number of nitrogens with one attached hydrogen (secondary N) is 1. The molecule has 126 valence electrons. The van der Waals surface area contributed by atoms with Crippen molar-refractivity contribution in [1.82, 2.24) is 24.8 Å². The average molecular weight is 355 g/mol. The Morgan fingerprint density at radius 1 is 1.16 bits per heavy atom. The van der Waals surface area contributed by atoms with Crippen molar-refractivity contribution in [3.05, 3.63) is 52.8 Å². The van der Waals surface area contributed by atoms with Crippen LogP contribution in [-0.4, -0.2) is 50.3 Å². The molecule has 0 saturated heterocycles. The van der Waals surface area contributed by atoms with E-state index < -0.39 is 11.8 Å². The normalized spacial score (nSPS) is 13.5. The van der Waals surface area contributed by atoms with E-state index in [-0.39, 0.29) is 12.5 Å². The molecule has 0 aliphatic carbocycles. The van der Waals surface area contributed by atoms with Gasteiger partial charge >= 0.3 is 0 Å².